The number of aldehydes is 1. The zero-order valence-corrected chi connectivity index (χ0v) is 11.5. The van der Waals surface area contributed by atoms with Gasteiger partial charge in [-0.25, -0.2) is 4.39 Å². The molecule has 0 spiro atoms. The lowest BCUT2D eigenvalue weighted by Crippen LogP contribution is -2.09. The molecule has 0 radical (unpaired) electrons. The van der Waals surface area contributed by atoms with Crippen molar-refractivity contribution in [2.24, 2.45) is 0 Å². The molecule has 0 unspecified atom stereocenters. The van der Waals surface area contributed by atoms with Crippen molar-refractivity contribution >= 4 is 28.6 Å². The predicted octanol–water partition coefficient (Wildman–Crippen LogP) is 2.69. The lowest BCUT2D eigenvalue weighted by Gasteiger charge is -1.99. The van der Waals surface area contributed by atoms with Gasteiger partial charge in [0.2, 0.25) is 11.4 Å². The summed E-state index contributed by atoms with van der Waals surface area (Å²) in [6.45, 7) is 1.88. The van der Waals surface area contributed by atoms with Crippen LogP contribution in [0.15, 0.2) is 21.6 Å². The van der Waals surface area contributed by atoms with Crippen molar-refractivity contribution in [2.75, 3.05) is 0 Å². The number of aryl methyl sites for hydroxylation is 1. The van der Waals surface area contributed by atoms with Crippen molar-refractivity contribution < 1.29 is 18.1 Å². The van der Waals surface area contributed by atoms with Gasteiger partial charge >= 0.3 is 4.87 Å². The van der Waals surface area contributed by atoms with Crippen LogP contribution in [-0.4, -0.2) is 16.0 Å². The topological polar surface area (TPSA) is 65.1 Å². The maximum absolute atomic E-state index is 13.8. The Morgan fingerprint density at radius 3 is 2.81 bits per heavy atom. The summed E-state index contributed by atoms with van der Waals surface area (Å²) in [5, 5.41) is 3.69. The van der Waals surface area contributed by atoms with E-state index >= 15 is 0 Å². The third-order valence-electron chi connectivity index (χ3n) is 3.05. The summed E-state index contributed by atoms with van der Waals surface area (Å²) in [7, 11) is 0. The average Bonchev–Trinajstić information content (AvgIpc) is 3.05. The number of aromatic nitrogens is 2. The van der Waals surface area contributed by atoms with Crippen LogP contribution in [0.25, 0.3) is 16.8 Å². The second kappa shape index (κ2) is 4.88. The van der Waals surface area contributed by atoms with Crippen LogP contribution in [0.2, 0.25) is 0 Å². The summed E-state index contributed by atoms with van der Waals surface area (Å²) in [5.41, 5.74) is -0.882. The molecular weight excluding hydrogens is 302 g/mol. The molecule has 0 bridgehead atoms. The van der Waals surface area contributed by atoms with Gasteiger partial charge in [0.15, 0.2) is 17.9 Å². The standard InChI is InChI=1S/C13H8F2N2O3S/c1-2-7-4-17(13(19)21-7)12-8-3-6(5-18)9(14)10(15)11(8)20-16-12/h3-5H,2H2,1H3. The fraction of sp³-hybridized carbons (Fsp3) is 0.154. The van der Waals surface area contributed by atoms with Gasteiger partial charge in [0.05, 0.1) is 10.9 Å². The van der Waals surface area contributed by atoms with Gasteiger partial charge in [-0.15, -0.1) is 0 Å². The second-order valence-electron chi connectivity index (χ2n) is 4.28. The molecule has 0 saturated heterocycles. The fourth-order valence-electron chi connectivity index (χ4n) is 1.98. The largest absolute Gasteiger partial charge is 0.351 e. The second-order valence-corrected chi connectivity index (χ2v) is 5.36. The van der Waals surface area contributed by atoms with Gasteiger partial charge in [0.1, 0.15) is 0 Å². The molecule has 2 aromatic heterocycles. The molecular formula is C13H8F2N2O3S. The van der Waals surface area contributed by atoms with E-state index in [-0.39, 0.29) is 22.4 Å². The van der Waals surface area contributed by atoms with Crippen LogP contribution in [0.5, 0.6) is 0 Å². The minimum absolute atomic E-state index is 0.0351. The number of thiazole rings is 1. The van der Waals surface area contributed by atoms with E-state index in [0.29, 0.717) is 6.42 Å². The third kappa shape index (κ3) is 1.99. The van der Waals surface area contributed by atoms with Gasteiger partial charge in [0, 0.05) is 11.1 Å². The molecule has 1 aromatic carbocycles. The highest BCUT2D eigenvalue weighted by atomic mass is 32.1. The molecule has 5 nitrogen and oxygen atoms in total. The van der Waals surface area contributed by atoms with E-state index in [2.05, 4.69) is 5.16 Å². The molecule has 3 rings (SSSR count). The molecule has 8 heteroatoms. The Morgan fingerprint density at radius 1 is 1.43 bits per heavy atom. The van der Waals surface area contributed by atoms with Crippen LogP contribution in [-0.2, 0) is 6.42 Å². The molecule has 108 valence electrons. The molecule has 0 saturated carbocycles. The van der Waals surface area contributed by atoms with E-state index in [1.807, 2.05) is 6.92 Å². The summed E-state index contributed by atoms with van der Waals surface area (Å²) in [5.74, 6) is -2.56. The van der Waals surface area contributed by atoms with Gasteiger partial charge in [-0.2, -0.15) is 4.39 Å². The molecule has 0 aliphatic carbocycles. The van der Waals surface area contributed by atoms with Gasteiger partial charge in [-0.3, -0.25) is 14.2 Å². The summed E-state index contributed by atoms with van der Waals surface area (Å²) < 4.78 is 33.3. The van der Waals surface area contributed by atoms with Crippen LogP contribution in [0.3, 0.4) is 0 Å². The first kappa shape index (κ1) is 13.6. The van der Waals surface area contributed by atoms with Crippen molar-refractivity contribution in [3.8, 4) is 5.82 Å². The Bertz CT molecular complexity index is 910. The highest BCUT2D eigenvalue weighted by Crippen LogP contribution is 2.27. The smallest absolute Gasteiger partial charge is 0.313 e. The number of hydrogen-bond acceptors (Lipinski definition) is 5. The van der Waals surface area contributed by atoms with E-state index in [4.69, 9.17) is 4.52 Å². The average molecular weight is 310 g/mol. The number of benzene rings is 1. The first-order valence-electron chi connectivity index (χ1n) is 6.01. The van der Waals surface area contributed by atoms with Crippen molar-refractivity contribution in [1.29, 1.82) is 0 Å². The van der Waals surface area contributed by atoms with Crippen LogP contribution < -0.4 is 4.87 Å². The van der Waals surface area contributed by atoms with E-state index in [0.717, 1.165) is 22.3 Å². The summed E-state index contributed by atoms with van der Waals surface area (Å²) >= 11 is 1.03. The summed E-state index contributed by atoms with van der Waals surface area (Å²) in [6.07, 6.45) is 2.42. The van der Waals surface area contributed by atoms with E-state index in [1.54, 1.807) is 6.20 Å². The quantitative estimate of drug-likeness (QED) is 0.698. The molecule has 21 heavy (non-hydrogen) atoms. The molecule has 3 aromatic rings. The normalized spacial score (nSPS) is 11.2. The summed E-state index contributed by atoms with van der Waals surface area (Å²) in [4.78, 5) is 23.2. The van der Waals surface area contributed by atoms with Crippen LogP contribution >= 0.6 is 11.3 Å². The maximum Gasteiger partial charge on any atom is 0.313 e. The number of fused-ring (bicyclic) bond motifs is 1. The van der Waals surface area contributed by atoms with Crippen molar-refractivity contribution in [1.82, 2.24) is 9.72 Å². The minimum Gasteiger partial charge on any atom is -0.351 e. The monoisotopic (exact) mass is 310 g/mol. The van der Waals surface area contributed by atoms with Crippen molar-refractivity contribution in [3.05, 3.63) is 44.0 Å². The lowest BCUT2D eigenvalue weighted by atomic mass is 10.1. The number of carbonyl (C=O) groups excluding carboxylic acids is 1. The SMILES string of the molecule is CCc1cn(-c2noc3c(F)c(F)c(C=O)cc23)c(=O)s1. The Hall–Kier alpha value is -2.35. The number of rotatable bonds is 3. The lowest BCUT2D eigenvalue weighted by molar-refractivity contribution is 0.111. The van der Waals surface area contributed by atoms with Crippen molar-refractivity contribution in [2.45, 2.75) is 13.3 Å². The zero-order chi connectivity index (χ0) is 15.1. The Balaban J connectivity index is 2.34. The highest BCUT2D eigenvalue weighted by Gasteiger charge is 2.21. The number of nitrogens with zero attached hydrogens (tertiary/aromatic N) is 2. The van der Waals surface area contributed by atoms with Gasteiger partial charge < -0.3 is 4.52 Å². The molecule has 0 N–H and O–H groups in total. The number of halogens is 2. The number of carbonyl (C=O) groups is 1. The number of hydrogen-bond donors (Lipinski definition) is 0. The molecule has 0 atom stereocenters. The van der Waals surface area contributed by atoms with Crippen LogP contribution in [0.1, 0.15) is 22.2 Å². The van der Waals surface area contributed by atoms with Crippen molar-refractivity contribution in [3.63, 3.8) is 0 Å². The van der Waals surface area contributed by atoms with E-state index < -0.39 is 22.8 Å². The molecule has 0 aliphatic heterocycles. The molecule has 0 aliphatic rings. The first-order chi connectivity index (χ1) is 10.1. The fourth-order valence-corrected chi connectivity index (χ4v) is 2.74. The summed E-state index contributed by atoms with van der Waals surface area (Å²) in [6, 6.07) is 1.11. The van der Waals surface area contributed by atoms with E-state index in [9.17, 15) is 18.4 Å². The highest BCUT2D eigenvalue weighted by molar-refractivity contribution is 7.09. The zero-order valence-electron chi connectivity index (χ0n) is 10.7. The van der Waals surface area contributed by atoms with Crippen LogP contribution in [0.4, 0.5) is 8.78 Å². The molecule has 0 fully saturated rings. The Labute approximate surface area is 120 Å². The van der Waals surface area contributed by atoms with E-state index in [1.165, 1.54) is 4.57 Å². The van der Waals surface area contributed by atoms with Gasteiger partial charge in [-0.05, 0) is 12.5 Å². The Kier molecular flexibility index (Phi) is 3.17. The third-order valence-corrected chi connectivity index (χ3v) is 4.07. The minimum atomic E-state index is -1.30. The van der Waals surface area contributed by atoms with Gasteiger partial charge in [0.25, 0.3) is 0 Å². The van der Waals surface area contributed by atoms with Crippen LogP contribution in [0, 0.1) is 11.6 Å². The predicted molar refractivity (Wildman–Crippen MR) is 72.2 cm³/mol. The molecule has 0 amide bonds. The first-order valence-corrected chi connectivity index (χ1v) is 6.82. The Morgan fingerprint density at radius 2 is 2.19 bits per heavy atom. The maximum atomic E-state index is 13.8. The van der Waals surface area contributed by atoms with Gasteiger partial charge in [-0.1, -0.05) is 23.4 Å². The molecule has 2 heterocycles.